The first-order valence-corrected chi connectivity index (χ1v) is 8.21. The molecular formula is C13H23N5O2S. The standard InChI is InChI=1S/C13H23N5O2S/c1-3-7-18-11(20)16-17-12(18)21-9-5-4-6-13(8-9,15-2)10(14)19/h9,15H,3-8H2,1-2H3,(H2,14,19)(H,16,20). The normalized spacial score (nSPS) is 25.9. The molecule has 118 valence electrons. The summed E-state index contributed by atoms with van der Waals surface area (Å²) in [7, 11) is 1.78. The predicted octanol–water partition coefficient (Wildman–Crippen LogP) is 0.460. The van der Waals surface area contributed by atoms with Gasteiger partial charge in [0.05, 0.1) is 5.54 Å². The molecular weight excluding hydrogens is 290 g/mol. The Morgan fingerprint density at radius 1 is 1.67 bits per heavy atom. The summed E-state index contributed by atoms with van der Waals surface area (Å²) < 4.78 is 1.66. The summed E-state index contributed by atoms with van der Waals surface area (Å²) in [5.41, 5.74) is 4.75. The number of hydrogen-bond donors (Lipinski definition) is 3. The molecule has 0 bridgehead atoms. The first-order chi connectivity index (χ1) is 10.0. The number of hydrogen-bond acceptors (Lipinski definition) is 5. The Morgan fingerprint density at radius 2 is 2.43 bits per heavy atom. The lowest BCUT2D eigenvalue weighted by Gasteiger charge is -2.37. The van der Waals surface area contributed by atoms with Crippen molar-refractivity contribution in [3.8, 4) is 0 Å². The predicted molar refractivity (Wildman–Crippen MR) is 82.2 cm³/mol. The third-order valence-corrected chi connectivity index (χ3v) is 5.36. The van der Waals surface area contributed by atoms with Crippen LogP contribution in [0, 0.1) is 0 Å². The number of aromatic amines is 1. The minimum atomic E-state index is -0.637. The number of carbonyl (C=O) groups excluding carboxylic acids is 1. The zero-order valence-corrected chi connectivity index (χ0v) is 13.3. The maximum absolute atomic E-state index is 11.8. The van der Waals surface area contributed by atoms with Crippen molar-refractivity contribution in [3.63, 3.8) is 0 Å². The van der Waals surface area contributed by atoms with Gasteiger partial charge in [0.15, 0.2) is 5.16 Å². The van der Waals surface area contributed by atoms with E-state index in [2.05, 4.69) is 15.5 Å². The lowest BCUT2D eigenvalue weighted by molar-refractivity contribution is -0.125. The summed E-state index contributed by atoms with van der Waals surface area (Å²) in [5, 5.41) is 10.6. The van der Waals surface area contributed by atoms with E-state index in [4.69, 9.17) is 5.73 Å². The van der Waals surface area contributed by atoms with Crippen LogP contribution < -0.4 is 16.7 Å². The fourth-order valence-electron chi connectivity index (χ4n) is 2.86. The number of nitrogens with two attached hydrogens (primary N) is 1. The molecule has 4 N–H and O–H groups in total. The largest absolute Gasteiger partial charge is 0.368 e. The number of likely N-dealkylation sites (N-methyl/N-ethyl adjacent to an activating group) is 1. The van der Waals surface area contributed by atoms with Gasteiger partial charge in [0.2, 0.25) is 5.91 Å². The first kappa shape index (κ1) is 16.1. The Hall–Kier alpha value is -1.28. The van der Waals surface area contributed by atoms with Crippen molar-refractivity contribution in [2.75, 3.05) is 7.05 Å². The topological polar surface area (TPSA) is 106 Å². The van der Waals surface area contributed by atoms with E-state index in [1.54, 1.807) is 23.4 Å². The molecule has 7 nitrogen and oxygen atoms in total. The van der Waals surface area contributed by atoms with Crippen LogP contribution in [0.4, 0.5) is 0 Å². The molecule has 0 spiro atoms. The maximum atomic E-state index is 11.8. The van der Waals surface area contributed by atoms with Crippen molar-refractivity contribution < 1.29 is 4.79 Å². The number of thioether (sulfide) groups is 1. The molecule has 0 aromatic carbocycles. The van der Waals surface area contributed by atoms with Gasteiger partial charge in [0.1, 0.15) is 0 Å². The maximum Gasteiger partial charge on any atom is 0.343 e. The second kappa shape index (κ2) is 6.65. The zero-order valence-electron chi connectivity index (χ0n) is 12.5. The summed E-state index contributed by atoms with van der Waals surface area (Å²) >= 11 is 1.56. The summed E-state index contributed by atoms with van der Waals surface area (Å²) in [4.78, 5) is 23.5. The van der Waals surface area contributed by atoms with Crippen LogP contribution in [0.2, 0.25) is 0 Å². The minimum Gasteiger partial charge on any atom is -0.368 e. The summed E-state index contributed by atoms with van der Waals surface area (Å²) in [6.45, 7) is 2.67. The minimum absolute atomic E-state index is 0.176. The summed E-state index contributed by atoms with van der Waals surface area (Å²) in [5.74, 6) is -0.303. The van der Waals surface area contributed by atoms with Gasteiger partial charge in [-0.2, -0.15) is 0 Å². The van der Waals surface area contributed by atoms with Gasteiger partial charge >= 0.3 is 5.69 Å². The first-order valence-electron chi connectivity index (χ1n) is 7.33. The molecule has 1 aliphatic rings. The van der Waals surface area contributed by atoms with E-state index in [0.29, 0.717) is 18.1 Å². The fraction of sp³-hybridized carbons (Fsp3) is 0.769. The number of H-pyrrole nitrogens is 1. The van der Waals surface area contributed by atoms with Crippen molar-refractivity contribution in [2.24, 2.45) is 5.73 Å². The van der Waals surface area contributed by atoms with Crippen LogP contribution in [0.3, 0.4) is 0 Å². The van der Waals surface area contributed by atoms with Gasteiger partial charge < -0.3 is 11.1 Å². The highest BCUT2D eigenvalue weighted by molar-refractivity contribution is 7.99. The number of rotatable bonds is 6. The van der Waals surface area contributed by atoms with Crippen LogP contribution in [0.1, 0.15) is 39.0 Å². The molecule has 0 saturated heterocycles. The highest BCUT2D eigenvalue weighted by atomic mass is 32.2. The number of aromatic nitrogens is 3. The quantitative estimate of drug-likeness (QED) is 0.707. The Morgan fingerprint density at radius 3 is 3.05 bits per heavy atom. The molecule has 2 rings (SSSR count). The van der Waals surface area contributed by atoms with Crippen molar-refractivity contribution in [1.29, 1.82) is 0 Å². The number of nitrogens with zero attached hydrogens (tertiary/aromatic N) is 2. The van der Waals surface area contributed by atoms with Crippen molar-refractivity contribution in [3.05, 3.63) is 10.5 Å². The van der Waals surface area contributed by atoms with Crippen molar-refractivity contribution >= 4 is 17.7 Å². The van der Waals surface area contributed by atoms with E-state index < -0.39 is 5.54 Å². The van der Waals surface area contributed by atoms with Gasteiger partial charge in [0.25, 0.3) is 0 Å². The smallest absolute Gasteiger partial charge is 0.343 e. The van der Waals surface area contributed by atoms with E-state index in [0.717, 1.165) is 25.7 Å². The third kappa shape index (κ3) is 3.32. The van der Waals surface area contributed by atoms with Gasteiger partial charge in [-0.1, -0.05) is 18.7 Å². The molecule has 1 saturated carbocycles. The molecule has 1 heterocycles. The highest BCUT2D eigenvalue weighted by Crippen LogP contribution is 2.37. The molecule has 1 aliphatic carbocycles. The average molecular weight is 313 g/mol. The van der Waals surface area contributed by atoms with Crippen LogP contribution >= 0.6 is 11.8 Å². The number of amides is 1. The second-order valence-corrected chi connectivity index (χ2v) is 6.76. The zero-order chi connectivity index (χ0) is 15.5. The molecule has 1 amide bonds. The van der Waals surface area contributed by atoms with Crippen LogP contribution in [0.5, 0.6) is 0 Å². The molecule has 0 aliphatic heterocycles. The molecule has 1 aromatic heterocycles. The second-order valence-electron chi connectivity index (χ2n) is 5.50. The summed E-state index contributed by atoms with van der Waals surface area (Å²) in [6.07, 6.45) is 4.23. The fourth-order valence-corrected chi connectivity index (χ4v) is 4.21. The molecule has 21 heavy (non-hydrogen) atoms. The van der Waals surface area contributed by atoms with Gasteiger partial charge in [-0.3, -0.25) is 9.36 Å². The Kier molecular flexibility index (Phi) is 5.10. The monoisotopic (exact) mass is 313 g/mol. The highest BCUT2D eigenvalue weighted by Gasteiger charge is 2.40. The van der Waals surface area contributed by atoms with E-state index >= 15 is 0 Å². The van der Waals surface area contributed by atoms with Gasteiger partial charge in [-0.25, -0.2) is 9.89 Å². The van der Waals surface area contributed by atoms with E-state index in [1.165, 1.54) is 0 Å². The molecule has 2 unspecified atom stereocenters. The third-order valence-electron chi connectivity index (χ3n) is 4.10. The summed E-state index contributed by atoms with van der Waals surface area (Å²) in [6, 6.07) is 0. The van der Waals surface area contributed by atoms with E-state index in [9.17, 15) is 9.59 Å². The van der Waals surface area contributed by atoms with Gasteiger partial charge in [-0.15, -0.1) is 5.10 Å². The average Bonchev–Trinajstić information content (AvgIpc) is 2.80. The SMILES string of the molecule is CCCn1c(SC2CCCC(NC)(C(N)=O)C2)n[nH]c1=O. The van der Waals surface area contributed by atoms with Crippen LogP contribution in [-0.2, 0) is 11.3 Å². The van der Waals surface area contributed by atoms with Crippen LogP contribution in [0.25, 0.3) is 0 Å². The Labute approximate surface area is 128 Å². The Balaban J connectivity index is 2.13. The number of carbonyl (C=O) groups is 1. The van der Waals surface area contributed by atoms with Gasteiger partial charge in [0, 0.05) is 11.8 Å². The molecule has 0 radical (unpaired) electrons. The van der Waals surface area contributed by atoms with E-state index in [-0.39, 0.29) is 16.8 Å². The number of nitrogens with one attached hydrogen (secondary N) is 2. The van der Waals surface area contributed by atoms with Crippen LogP contribution in [0.15, 0.2) is 9.95 Å². The molecule has 1 aromatic rings. The van der Waals surface area contributed by atoms with E-state index in [1.807, 2.05) is 6.92 Å². The molecule has 1 fully saturated rings. The molecule has 8 heteroatoms. The van der Waals surface area contributed by atoms with Gasteiger partial charge in [-0.05, 0) is 39.2 Å². The number of primary amides is 1. The lowest BCUT2D eigenvalue weighted by atomic mass is 9.81. The van der Waals surface area contributed by atoms with Crippen molar-refractivity contribution in [1.82, 2.24) is 20.1 Å². The van der Waals surface area contributed by atoms with Crippen molar-refractivity contribution in [2.45, 2.75) is 61.5 Å². The lowest BCUT2D eigenvalue weighted by Crippen LogP contribution is -2.57. The van der Waals surface area contributed by atoms with Crippen LogP contribution in [-0.4, -0.2) is 38.5 Å². The Bertz CT molecular complexity index is 555. The molecule has 2 atom stereocenters.